The van der Waals surface area contributed by atoms with Crippen LogP contribution in [-0.2, 0) is 4.79 Å². The van der Waals surface area contributed by atoms with Crippen LogP contribution >= 0.6 is 11.6 Å². The summed E-state index contributed by atoms with van der Waals surface area (Å²) in [5, 5.41) is 12.1. The predicted octanol–water partition coefficient (Wildman–Crippen LogP) is 4.53. The van der Waals surface area contributed by atoms with Crippen molar-refractivity contribution in [1.82, 2.24) is 0 Å². The molecule has 0 atom stereocenters. The van der Waals surface area contributed by atoms with Crippen LogP contribution in [0.15, 0.2) is 36.4 Å². The van der Waals surface area contributed by atoms with Crippen LogP contribution < -0.4 is 15.0 Å². The SMILES string of the molecule is N#Cc1cc(NC(=O)c2ccc(Cl)cc2N2CCCC2=O)ccc1OCC(F)(F)F. The number of rotatable bonds is 5. The Balaban J connectivity index is 1.83. The van der Waals surface area contributed by atoms with Crippen molar-refractivity contribution >= 4 is 34.8 Å². The fourth-order valence-electron chi connectivity index (χ4n) is 3.00. The highest BCUT2D eigenvalue weighted by atomic mass is 35.5. The lowest BCUT2D eigenvalue weighted by Crippen LogP contribution is -2.27. The van der Waals surface area contributed by atoms with Gasteiger partial charge in [-0.3, -0.25) is 9.59 Å². The number of ether oxygens (including phenoxy) is 1. The number of carbonyl (C=O) groups is 2. The number of anilines is 2. The van der Waals surface area contributed by atoms with E-state index < -0.39 is 18.7 Å². The van der Waals surface area contributed by atoms with Crippen molar-refractivity contribution in [1.29, 1.82) is 5.26 Å². The van der Waals surface area contributed by atoms with Gasteiger partial charge in [0.2, 0.25) is 5.91 Å². The zero-order chi connectivity index (χ0) is 21.9. The van der Waals surface area contributed by atoms with Crippen molar-refractivity contribution in [3.05, 3.63) is 52.5 Å². The summed E-state index contributed by atoms with van der Waals surface area (Å²) < 4.78 is 41.6. The normalized spacial score (nSPS) is 13.8. The minimum absolute atomic E-state index is 0.121. The molecule has 1 saturated heterocycles. The van der Waals surface area contributed by atoms with Crippen molar-refractivity contribution < 1.29 is 27.5 Å². The van der Waals surface area contributed by atoms with E-state index in [9.17, 15) is 28.0 Å². The van der Waals surface area contributed by atoms with E-state index in [1.807, 2.05) is 0 Å². The third kappa shape index (κ3) is 5.02. The second-order valence-electron chi connectivity index (χ2n) is 6.49. The summed E-state index contributed by atoms with van der Waals surface area (Å²) in [5.41, 5.74) is 0.589. The largest absolute Gasteiger partial charge is 0.483 e. The van der Waals surface area contributed by atoms with Gasteiger partial charge < -0.3 is 15.0 Å². The fraction of sp³-hybridized carbons (Fsp3) is 0.250. The van der Waals surface area contributed by atoms with Crippen molar-refractivity contribution in [3.8, 4) is 11.8 Å². The standard InChI is InChI=1S/C20H15ClF3N3O3/c21-13-3-5-15(16(9-13)27-7-1-2-18(27)28)19(29)26-14-4-6-17(12(8-14)10-25)30-11-20(22,23)24/h3-6,8-9H,1-2,7,11H2,(H,26,29). The summed E-state index contributed by atoms with van der Waals surface area (Å²) in [4.78, 5) is 26.4. The van der Waals surface area contributed by atoms with E-state index in [0.717, 1.165) is 0 Å². The van der Waals surface area contributed by atoms with Gasteiger partial charge in [0, 0.05) is 23.7 Å². The van der Waals surface area contributed by atoms with E-state index in [1.54, 1.807) is 6.07 Å². The molecule has 3 rings (SSSR count). The first-order valence-corrected chi connectivity index (χ1v) is 9.21. The third-order valence-corrected chi connectivity index (χ3v) is 4.55. The maximum atomic E-state index is 12.8. The van der Waals surface area contributed by atoms with E-state index in [-0.39, 0.29) is 28.5 Å². The topological polar surface area (TPSA) is 82.4 Å². The summed E-state index contributed by atoms with van der Waals surface area (Å²) in [7, 11) is 0. The van der Waals surface area contributed by atoms with Crippen LogP contribution in [0, 0.1) is 11.3 Å². The van der Waals surface area contributed by atoms with Crippen molar-refractivity contribution in [2.45, 2.75) is 19.0 Å². The number of nitrogens with zero attached hydrogens (tertiary/aromatic N) is 2. The number of alkyl halides is 3. The fourth-order valence-corrected chi connectivity index (χ4v) is 3.17. The first-order chi connectivity index (χ1) is 14.2. The number of amides is 2. The number of carbonyl (C=O) groups excluding carboxylic acids is 2. The molecule has 1 N–H and O–H groups in total. The van der Waals surface area contributed by atoms with Gasteiger partial charge in [-0.15, -0.1) is 0 Å². The van der Waals surface area contributed by atoms with E-state index in [4.69, 9.17) is 11.6 Å². The summed E-state index contributed by atoms with van der Waals surface area (Å²) in [6, 6.07) is 9.95. The van der Waals surface area contributed by atoms with Gasteiger partial charge in [-0.2, -0.15) is 18.4 Å². The van der Waals surface area contributed by atoms with Crippen molar-refractivity contribution in [2.75, 3.05) is 23.4 Å². The van der Waals surface area contributed by atoms with Gasteiger partial charge in [-0.05, 0) is 42.8 Å². The highest BCUT2D eigenvalue weighted by molar-refractivity contribution is 6.31. The summed E-state index contributed by atoms with van der Waals surface area (Å²) in [6.07, 6.45) is -3.51. The summed E-state index contributed by atoms with van der Waals surface area (Å²) in [6.45, 7) is -1.07. The Kier molecular flexibility index (Phi) is 6.17. The Morgan fingerprint density at radius 1 is 1.27 bits per heavy atom. The second-order valence-corrected chi connectivity index (χ2v) is 6.93. The molecule has 156 valence electrons. The molecule has 1 aliphatic heterocycles. The molecule has 0 aromatic heterocycles. The quantitative estimate of drug-likeness (QED) is 0.745. The van der Waals surface area contributed by atoms with E-state index in [0.29, 0.717) is 30.1 Å². The Labute approximate surface area is 174 Å². The lowest BCUT2D eigenvalue weighted by molar-refractivity contribution is -0.153. The predicted molar refractivity (Wildman–Crippen MR) is 104 cm³/mol. The molecule has 1 aliphatic rings. The van der Waals surface area contributed by atoms with Crippen LogP contribution in [0.4, 0.5) is 24.5 Å². The first-order valence-electron chi connectivity index (χ1n) is 8.83. The zero-order valence-electron chi connectivity index (χ0n) is 15.4. The molecule has 0 aliphatic carbocycles. The molecule has 30 heavy (non-hydrogen) atoms. The van der Waals surface area contributed by atoms with Crippen LogP contribution in [0.2, 0.25) is 5.02 Å². The number of hydrogen-bond acceptors (Lipinski definition) is 4. The van der Waals surface area contributed by atoms with Gasteiger partial charge in [-0.25, -0.2) is 0 Å². The molecule has 1 heterocycles. The third-order valence-electron chi connectivity index (χ3n) is 4.32. The highest BCUT2D eigenvalue weighted by Crippen LogP contribution is 2.30. The Morgan fingerprint density at radius 3 is 2.67 bits per heavy atom. The zero-order valence-corrected chi connectivity index (χ0v) is 16.2. The molecule has 10 heteroatoms. The summed E-state index contributed by atoms with van der Waals surface area (Å²) >= 11 is 6.03. The van der Waals surface area contributed by atoms with Gasteiger partial charge in [0.25, 0.3) is 5.91 Å². The average molecular weight is 438 g/mol. The Morgan fingerprint density at radius 2 is 2.03 bits per heavy atom. The maximum Gasteiger partial charge on any atom is 0.422 e. The Bertz CT molecular complexity index is 1030. The van der Waals surface area contributed by atoms with Crippen LogP contribution in [0.3, 0.4) is 0 Å². The molecule has 2 amide bonds. The molecule has 1 fully saturated rings. The molecule has 0 radical (unpaired) electrons. The minimum atomic E-state index is -4.54. The lowest BCUT2D eigenvalue weighted by Gasteiger charge is -2.20. The molecule has 0 unspecified atom stereocenters. The van der Waals surface area contributed by atoms with Crippen molar-refractivity contribution in [2.24, 2.45) is 0 Å². The van der Waals surface area contributed by atoms with Crippen LogP contribution in [0.1, 0.15) is 28.8 Å². The van der Waals surface area contributed by atoms with Gasteiger partial charge in [-0.1, -0.05) is 11.6 Å². The summed E-state index contributed by atoms with van der Waals surface area (Å²) in [5.74, 6) is -0.930. The Hall–Kier alpha value is -3.25. The lowest BCUT2D eigenvalue weighted by atomic mass is 10.1. The monoisotopic (exact) mass is 437 g/mol. The molecular formula is C20H15ClF3N3O3. The molecule has 2 aromatic rings. The molecule has 2 aromatic carbocycles. The van der Waals surface area contributed by atoms with E-state index >= 15 is 0 Å². The minimum Gasteiger partial charge on any atom is -0.483 e. The number of nitrogens with one attached hydrogen (secondary N) is 1. The molecule has 6 nitrogen and oxygen atoms in total. The van der Waals surface area contributed by atoms with Crippen LogP contribution in [-0.4, -0.2) is 31.1 Å². The van der Waals surface area contributed by atoms with E-state index in [1.165, 1.54) is 41.3 Å². The van der Waals surface area contributed by atoms with Crippen LogP contribution in [0.25, 0.3) is 0 Å². The van der Waals surface area contributed by atoms with Gasteiger partial charge >= 0.3 is 6.18 Å². The number of hydrogen-bond donors (Lipinski definition) is 1. The van der Waals surface area contributed by atoms with Crippen LogP contribution in [0.5, 0.6) is 5.75 Å². The smallest absolute Gasteiger partial charge is 0.422 e. The first kappa shape index (κ1) is 21.5. The van der Waals surface area contributed by atoms with E-state index in [2.05, 4.69) is 10.1 Å². The van der Waals surface area contributed by atoms with Gasteiger partial charge in [0.1, 0.15) is 11.8 Å². The number of nitriles is 1. The molecular weight excluding hydrogens is 423 g/mol. The maximum absolute atomic E-state index is 12.8. The van der Waals surface area contributed by atoms with Crippen molar-refractivity contribution in [3.63, 3.8) is 0 Å². The number of halogens is 4. The van der Waals surface area contributed by atoms with Gasteiger partial charge in [0.05, 0.1) is 16.8 Å². The molecule has 0 saturated carbocycles. The second kappa shape index (κ2) is 8.63. The molecule has 0 spiro atoms. The van der Waals surface area contributed by atoms with Gasteiger partial charge in [0.15, 0.2) is 6.61 Å². The molecule has 0 bridgehead atoms. The average Bonchev–Trinajstić information content (AvgIpc) is 3.11. The highest BCUT2D eigenvalue weighted by Gasteiger charge is 2.29. The number of benzene rings is 2.